The summed E-state index contributed by atoms with van der Waals surface area (Å²) in [6.07, 6.45) is 3.85. The Balaban J connectivity index is 2.05. The fourth-order valence-electron chi connectivity index (χ4n) is 3.36. The molecule has 1 aliphatic rings. The molecule has 0 aromatic heterocycles. The predicted molar refractivity (Wildman–Crippen MR) is 108 cm³/mol. The summed E-state index contributed by atoms with van der Waals surface area (Å²) in [5, 5.41) is 10.9. The molecule has 6 heteroatoms. The summed E-state index contributed by atoms with van der Waals surface area (Å²) < 4.78 is 5.31. The van der Waals surface area contributed by atoms with Gasteiger partial charge >= 0.3 is 5.97 Å². The van der Waals surface area contributed by atoms with Gasteiger partial charge in [-0.2, -0.15) is 0 Å². The van der Waals surface area contributed by atoms with Gasteiger partial charge in [-0.1, -0.05) is 30.3 Å². The Hall–Kier alpha value is -3.41. The van der Waals surface area contributed by atoms with E-state index >= 15 is 0 Å². The Morgan fingerprint density at radius 1 is 1.18 bits per heavy atom. The van der Waals surface area contributed by atoms with Crippen molar-refractivity contribution in [2.24, 2.45) is 0 Å². The molecule has 1 aliphatic heterocycles. The fraction of sp³-hybridized carbons (Fsp3) is 0.227. The number of anilines is 1. The van der Waals surface area contributed by atoms with Gasteiger partial charge in [0, 0.05) is 35.6 Å². The van der Waals surface area contributed by atoms with Crippen LogP contribution in [0, 0.1) is 17.0 Å². The molecule has 0 unspecified atom stereocenters. The first-order valence-corrected chi connectivity index (χ1v) is 9.08. The minimum atomic E-state index is -0.437. The molecular formula is C22H22N2O4. The monoisotopic (exact) mass is 378 g/mol. The molecule has 3 rings (SSSR count). The second kappa shape index (κ2) is 8.08. The van der Waals surface area contributed by atoms with E-state index in [1.807, 2.05) is 55.3 Å². The van der Waals surface area contributed by atoms with Gasteiger partial charge in [0.05, 0.1) is 17.1 Å². The van der Waals surface area contributed by atoms with Gasteiger partial charge in [0.1, 0.15) is 0 Å². The first-order valence-electron chi connectivity index (χ1n) is 9.08. The SMILES string of the molecule is CCOC(=O)C1=C(C)N(c2cccc(C)c2)C=C[C@@H]1c1ccc([N+](=O)[O-])cc1. The summed E-state index contributed by atoms with van der Waals surface area (Å²) in [4.78, 5) is 25.2. The van der Waals surface area contributed by atoms with Gasteiger partial charge < -0.3 is 9.64 Å². The third-order valence-electron chi connectivity index (χ3n) is 4.73. The average Bonchev–Trinajstić information content (AvgIpc) is 2.68. The Labute approximate surface area is 163 Å². The molecule has 0 radical (unpaired) electrons. The maximum atomic E-state index is 12.8. The van der Waals surface area contributed by atoms with E-state index in [-0.39, 0.29) is 24.2 Å². The number of nitrogens with zero attached hydrogens (tertiary/aromatic N) is 2. The highest BCUT2D eigenvalue weighted by Crippen LogP contribution is 2.37. The second-order valence-electron chi connectivity index (χ2n) is 6.60. The number of rotatable bonds is 5. The van der Waals surface area contributed by atoms with Crippen LogP contribution >= 0.6 is 0 Å². The van der Waals surface area contributed by atoms with Gasteiger partial charge in [-0.05, 0) is 44.0 Å². The van der Waals surface area contributed by atoms with Gasteiger partial charge in [0.25, 0.3) is 5.69 Å². The number of hydrogen-bond acceptors (Lipinski definition) is 5. The van der Waals surface area contributed by atoms with E-state index in [0.717, 1.165) is 22.5 Å². The highest BCUT2D eigenvalue weighted by atomic mass is 16.6. The number of benzene rings is 2. The zero-order valence-corrected chi connectivity index (χ0v) is 16.1. The number of nitro benzene ring substituents is 1. The van der Waals surface area contributed by atoms with Gasteiger partial charge in [-0.15, -0.1) is 0 Å². The minimum Gasteiger partial charge on any atom is -0.463 e. The molecule has 0 saturated heterocycles. The van der Waals surface area contributed by atoms with E-state index in [2.05, 4.69) is 0 Å². The lowest BCUT2D eigenvalue weighted by Crippen LogP contribution is -2.26. The molecule has 2 aromatic carbocycles. The molecule has 1 heterocycles. The number of allylic oxidation sites excluding steroid dienone is 2. The molecule has 0 fully saturated rings. The van der Waals surface area contributed by atoms with Crippen LogP contribution in [0.3, 0.4) is 0 Å². The van der Waals surface area contributed by atoms with E-state index in [1.165, 1.54) is 12.1 Å². The van der Waals surface area contributed by atoms with Gasteiger partial charge in [-0.3, -0.25) is 10.1 Å². The third kappa shape index (κ3) is 3.81. The summed E-state index contributed by atoms with van der Waals surface area (Å²) in [5.74, 6) is -0.716. The number of esters is 1. The lowest BCUT2D eigenvalue weighted by molar-refractivity contribution is -0.384. The summed E-state index contributed by atoms with van der Waals surface area (Å²) in [6.45, 7) is 5.95. The number of hydrogen-bond donors (Lipinski definition) is 0. The molecule has 0 aliphatic carbocycles. The highest BCUT2D eigenvalue weighted by molar-refractivity contribution is 5.93. The molecule has 0 bridgehead atoms. The smallest absolute Gasteiger partial charge is 0.336 e. The third-order valence-corrected chi connectivity index (χ3v) is 4.73. The van der Waals surface area contributed by atoms with Crippen molar-refractivity contribution >= 4 is 17.3 Å². The van der Waals surface area contributed by atoms with E-state index in [9.17, 15) is 14.9 Å². The summed E-state index contributed by atoms with van der Waals surface area (Å²) >= 11 is 0. The lowest BCUT2D eigenvalue weighted by atomic mass is 9.87. The van der Waals surface area contributed by atoms with Crippen molar-refractivity contribution in [3.8, 4) is 0 Å². The molecule has 0 saturated carbocycles. The zero-order valence-electron chi connectivity index (χ0n) is 16.1. The van der Waals surface area contributed by atoms with Crippen molar-refractivity contribution in [1.82, 2.24) is 0 Å². The summed E-state index contributed by atoms with van der Waals surface area (Å²) in [5.41, 5.74) is 4.19. The number of ether oxygens (including phenoxy) is 1. The van der Waals surface area contributed by atoms with E-state index in [0.29, 0.717) is 5.57 Å². The normalized spacial score (nSPS) is 16.2. The van der Waals surface area contributed by atoms with Crippen LogP contribution in [0.5, 0.6) is 0 Å². The van der Waals surface area contributed by atoms with Crippen LogP contribution in [0.2, 0.25) is 0 Å². The molecular weight excluding hydrogens is 356 g/mol. The van der Waals surface area contributed by atoms with Crippen LogP contribution in [0.1, 0.15) is 30.9 Å². The molecule has 2 aromatic rings. The van der Waals surface area contributed by atoms with Gasteiger partial charge in [0.2, 0.25) is 0 Å². The molecule has 28 heavy (non-hydrogen) atoms. The molecule has 144 valence electrons. The standard InChI is InChI=1S/C22H22N2O4/c1-4-28-22(25)21-16(3)23(19-7-5-6-15(2)14-19)13-12-20(21)17-8-10-18(11-9-17)24(26)27/h5-14,20H,4H2,1-3H3/t20-/m1/s1. The van der Waals surface area contributed by atoms with Crippen LogP contribution in [-0.4, -0.2) is 17.5 Å². The molecule has 6 nitrogen and oxygen atoms in total. The van der Waals surface area contributed by atoms with Crippen LogP contribution < -0.4 is 4.90 Å². The van der Waals surface area contributed by atoms with Crippen LogP contribution in [0.25, 0.3) is 0 Å². The topological polar surface area (TPSA) is 72.7 Å². The highest BCUT2D eigenvalue weighted by Gasteiger charge is 2.30. The second-order valence-corrected chi connectivity index (χ2v) is 6.60. The van der Waals surface area contributed by atoms with Gasteiger partial charge in [-0.25, -0.2) is 4.79 Å². The van der Waals surface area contributed by atoms with Crippen LogP contribution in [0.4, 0.5) is 11.4 Å². The van der Waals surface area contributed by atoms with E-state index in [1.54, 1.807) is 19.1 Å². The van der Waals surface area contributed by atoms with Gasteiger partial charge in [0.15, 0.2) is 0 Å². The van der Waals surface area contributed by atoms with Crippen LogP contribution in [0.15, 0.2) is 72.1 Å². The molecule has 0 spiro atoms. The Morgan fingerprint density at radius 3 is 2.50 bits per heavy atom. The number of carbonyl (C=O) groups excluding carboxylic acids is 1. The van der Waals surface area contributed by atoms with Crippen molar-refractivity contribution < 1.29 is 14.5 Å². The molecule has 1 atom stereocenters. The summed E-state index contributed by atoms with van der Waals surface area (Å²) in [7, 11) is 0. The maximum Gasteiger partial charge on any atom is 0.336 e. The van der Waals surface area contributed by atoms with Crippen molar-refractivity contribution in [1.29, 1.82) is 0 Å². The Bertz CT molecular complexity index is 961. The quantitative estimate of drug-likeness (QED) is 0.422. The maximum absolute atomic E-state index is 12.8. The largest absolute Gasteiger partial charge is 0.463 e. The Kier molecular flexibility index (Phi) is 5.59. The van der Waals surface area contributed by atoms with Crippen molar-refractivity contribution in [3.05, 3.63) is 93.3 Å². The van der Waals surface area contributed by atoms with Crippen molar-refractivity contribution in [3.63, 3.8) is 0 Å². The fourth-order valence-corrected chi connectivity index (χ4v) is 3.36. The number of aryl methyl sites for hydroxylation is 1. The molecule has 0 N–H and O–H groups in total. The predicted octanol–water partition coefficient (Wildman–Crippen LogP) is 4.86. The van der Waals surface area contributed by atoms with Crippen molar-refractivity contribution in [2.75, 3.05) is 11.5 Å². The first-order chi connectivity index (χ1) is 13.4. The van der Waals surface area contributed by atoms with E-state index in [4.69, 9.17) is 4.74 Å². The first kappa shape index (κ1) is 19.4. The number of non-ortho nitro benzene ring substituents is 1. The zero-order chi connectivity index (χ0) is 20.3. The summed E-state index contributed by atoms with van der Waals surface area (Å²) in [6, 6.07) is 14.3. The number of carbonyl (C=O) groups is 1. The van der Waals surface area contributed by atoms with E-state index < -0.39 is 4.92 Å². The lowest BCUT2D eigenvalue weighted by Gasteiger charge is -2.31. The Morgan fingerprint density at radius 2 is 1.89 bits per heavy atom. The average molecular weight is 378 g/mol. The minimum absolute atomic E-state index is 0.0170. The molecule has 0 amide bonds. The number of nitro groups is 1. The van der Waals surface area contributed by atoms with Crippen LogP contribution in [-0.2, 0) is 9.53 Å². The van der Waals surface area contributed by atoms with Crippen molar-refractivity contribution in [2.45, 2.75) is 26.7 Å².